The van der Waals surface area contributed by atoms with E-state index in [1.165, 1.54) is 10.2 Å². The van der Waals surface area contributed by atoms with Gasteiger partial charge in [0.25, 0.3) is 0 Å². The summed E-state index contributed by atoms with van der Waals surface area (Å²) in [5, 5.41) is 1.31. The molecule has 0 aromatic heterocycles. The van der Waals surface area contributed by atoms with Crippen molar-refractivity contribution < 1.29 is 22.8 Å². The van der Waals surface area contributed by atoms with Crippen LogP contribution in [0.3, 0.4) is 0 Å². The van der Waals surface area contributed by atoms with Gasteiger partial charge >= 0.3 is 18.1 Å². The third-order valence-electron chi connectivity index (χ3n) is 1.75. The Morgan fingerprint density at radius 1 is 1.12 bits per heavy atom. The van der Waals surface area contributed by atoms with Gasteiger partial charge < -0.3 is 4.90 Å². The van der Waals surface area contributed by atoms with Crippen molar-refractivity contribution in [2.75, 3.05) is 13.1 Å². The summed E-state index contributed by atoms with van der Waals surface area (Å²) in [6, 6.07) is -0.994. The minimum absolute atomic E-state index is 0.324. The maximum absolute atomic E-state index is 11.9. The van der Waals surface area contributed by atoms with E-state index in [4.69, 9.17) is 0 Å². The van der Waals surface area contributed by atoms with Crippen molar-refractivity contribution in [2.45, 2.75) is 32.9 Å². The highest BCUT2D eigenvalue weighted by Gasteiger charge is 2.40. The Morgan fingerprint density at radius 2 is 1.56 bits per heavy atom. The van der Waals surface area contributed by atoms with Crippen LogP contribution >= 0.6 is 0 Å². The van der Waals surface area contributed by atoms with E-state index in [-0.39, 0.29) is 0 Å². The first-order valence-corrected chi connectivity index (χ1v) is 5.00. The van der Waals surface area contributed by atoms with Gasteiger partial charge in [0.05, 0.1) is 0 Å². The molecule has 0 aliphatic heterocycles. The number of carbonyl (C=O) groups is 2. The first kappa shape index (κ1) is 14.7. The summed E-state index contributed by atoms with van der Waals surface area (Å²) in [4.78, 5) is 23.0. The number of carbonyl (C=O) groups excluding carboxylic acids is 2. The molecule has 0 aromatic rings. The van der Waals surface area contributed by atoms with Crippen molar-refractivity contribution >= 4 is 11.9 Å². The van der Waals surface area contributed by atoms with Crippen LogP contribution < -0.4 is 5.32 Å². The molecule has 0 bridgehead atoms. The zero-order valence-corrected chi connectivity index (χ0v) is 9.23. The Labute approximate surface area is 91.8 Å². The number of hydrogen-bond donors (Lipinski definition) is 1. The van der Waals surface area contributed by atoms with Crippen LogP contribution in [0.25, 0.3) is 0 Å². The quantitative estimate of drug-likeness (QED) is 0.816. The van der Waals surface area contributed by atoms with Crippen LogP contribution in [0, 0.1) is 0 Å². The van der Waals surface area contributed by atoms with Gasteiger partial charge in [-0.05, 0) is 12.8 Å². The molecule has 0 spiro atoms. The van der Waals surface area contributed by atoms with Crippen molar-refractivity contribution in [3.8, 4) is 0 Å². The molecule has 0 fully saturated rings. The maximum atomic E-state index is 11.9. The van der Waals surface area contributed by atoms with E-state index in [9.17, 15) is 22.8 Å². The highest BCUT2D eigenvalue weighted by molar-refractivity contribution is 5.97. The first-order chi connectivity index (χ1) is 7.32. The summed E-state index contributed by atoms with van der Waals surface area (Å²) >= 11 is 0. The summed E-state index contributed by atoms with van der Waals surface area (Å²) in [5.74, 6) is -2.23. The topological polar surface area (TPSA) is 49.4 Å². The van der Waals surface area contributed by atoms with Gasteiger partial charge in [-0.25, -0.2) is 4.79 Å². The van der Waals surface area contributed by atoms with Crippen molar-refractivity contribution in [3.05, 3.63) is 0 Å². The van der Waals surface area contributed by atoms with Crippen molar-refractivity contribution in [2.24, 2.45) is 0 Å². The summed E-state index contributed by atoms with van der Waals surface area (Å²) < 4.78 is 35.6. The molecule has 0 aliphatic carbocycles. The smallest absolute Gasteiger partial charge is 0.324 e. The van der Waals surface area contributed by atoms with Crippen LogP contribution in [0.5, 0.6) is 0 Å². The molecule has 0 saturated heterocycles. The number of alkyl halides is 3. The van der Waals surface area contributed by atoms with Crippen molar-refractivity contribution in [1.29, 1.82) is 0 Å². The first-order valence-electron chi connectivity index (χ1n) is 5.00. The number of imide groups is 1. The average Bonchev–Trinajstić information content (AvgIpc) is 2.15. The van der Waals surface area contributed by atoms with Gasteiger partial charge in [0.2, 0.25) is 0 Å². The van der Waals surface area contributed by atoms with Crippen molar-refractivity contribution in [1.82, 2.24) is 10.2 Å². The van der Waals surface area contributed by atoms with E-state index in [1.54, 1.807) is 13.8 Å². The molecule has 16 heavy (non-hydrogen) atoms. The molecule has 0 saturated carbocycles. The lowest BCUT2D eigenvalue weighted by Crippen LogP contribution is -2.48. The molecule has 3 amide bonds. The standard InChI is InChI=1S/C9H15F3N2O2/c1-3-5-14(6-4-2)8(16)13-7(15)9(10,11)12/h3-6H2,1-2H3,(H,13,15,16). The lowest BCUT2D eigenvalue weighted by atomic mass is 10.4. The van der Waals surface area contributed by atoms with E-state index < -0.39 is 18.1 Å². The molecule has 0 aromatic carbocycles. The Bertz CT molecular complexity index is 248. The monoisotopic (exact) mass is 240 g/mol. The Morgan fingerprint density at radius 3 is 1.88 bits per heavy atom. The predicted molar refractivity (Wildman–Crippen MR) is 51.7 cm³/mol. The largest absolute Gasteiger partial charge is 0.471 e. The van der Waals surface area contributed by atoms with E-state index >= 15 is 0 Å². The molecule has 7 heteroatoms. The number of hydrogen-bond acceptors (Lipinski definition) is 2. The second kappa shape index (κ2) is 6.34. The van der Waals surface area contributed by atoms with E-state index in [0.29, 0.717) is 25.9 Å². The second-order valence-electron chi connectivity index (χ2n) is 3.24. The maximum Gasteiger partial charge on any atom is 0.471 e. The molecule has 0 atom stereocenters. The Kier molecular flexibility index (Phi) is 5.84. The molecule has 0 rings (SSSR count). The molecule has 4 nitrogen and oxygen atoms in total. The molecule has 0 aliphatic rings. The van der Waals surface area contributed by atoms with E-state index in [2.05, 4.69) is 0 Å². The van der Waals surface area contributed by atoms with E-state index in [1.807, 2.05) is 0 Å². The van der Waals surface area contributed by atoms with Gasteiger partial charge in [-0.2, -0.15) is 13.2 Å². The molecule has 0 radical (unpaired) electrons. The number of halogens is 3. The van der Waals surface area contributed by atoms with Crippen LogP contribution in [0.1, 0.15) is 26.7 Å². The number of amides is 3. The molecule has 94 valence electrons. The van der Waals surface area contributed by atoms with Crippen LogP contribution in [0.4, 0.5) is 18.0 Å². The Hall–Kier alpha value is -1.27. The second-order valence-corrected chi connectivity index (χ2v) is 3.24. The minimum atomic E-state index is -5.03. The molecular weight excluding hydrogens is 225 g/mol. The average molecular weight is 240 g/mol. The minimum Gasteiger partial charge on any atom is -0.324 e. The SMILES string of the molecule is CCCN(CCC)C(=O)NC(=O)C(F)(F)F. The van der Waals surface area contributed by atoms with Crippen LogP contribution in [0.15, 0.2) is 0 Å². The van der Waals surface area contributed by atoms with Crippen LogP contribution in [0.2, 0.25) is 0 Å². The summed E-state index contributed by atoms with van der Waals surface area (Å²) in [6.07, 6.45) is -3.79. The third kappa shape index (κ3) is 4.99. The van der Waals surface area contributed by atoms with Crippen molar-refractivity contribution in [3.63, 3.8) is 0 Å². The van der Waals surface area contributed by atoms with Gasteiger partial charge in [-0.1, -0.05) is 13.8 Å². The van der Waals surface area contributed by atoms with Gasteiger partial charge in [-0.15, -0.1) is 0 Å². The lowest BCUT2D eigenvalue weighted by Gasteiger charge is -2.21. The number of urea groups is 1. The lowest BCUT2D eigenvalue weighted by molar-refractivity contribution is -0.172. The number of nitrogens with zero attached hydrogens (tertiary/aromatic N) is 1. The zero-order valence-electron chi connectivity index (χ0n) is 9.23. The highest BCUT2D eigenvalue weighted by atomic mass is 19.4. The Balaban J connectivity index is 4.35. The number of nitrogens with one attached hydrogen (secondary N) is 1. The fourth-order valence-corrected chi connectivity index (χ4v) is 1.10. The van der Waals surface area contributed by atoms with Gasteiger partial charge in [-0.3, -0.25) is 10.1 Å². The normalized spacial score (nSPS) is 11.1. The summed E-state index contributed by atoms with van der Waals surface area (Å²) in [6.45, 7) is 4.23. The molecular formula is C9H15F3N2O2. The molecule has 0 unspecified atom stereocenters. The molecule has 0 heterocycles. The number of rotatable bonds is 4. The van der Waals surface area contributed by atoms with Crippen LogP contribution in [-0.2, 0) is 4.79 Å². The van der Waals surface area contributed by atoms with Gasteiger partial charge in [0.1, 0.15) is 0 Å². The van der Waals surface area contributed by atoms with Crippen LogP contribution in [-0.4, -0.2) is 36.1 Å². The third-order valence-corrected chi connectivity index (χ3v) is 1.75. The fraction of sp³-hybridized carbons (Fsp3) is 0.778. The molecule has 1 N–H and O–H groups in total. The summed E-state index contributed by atoms with van der Waals surface area (Å²) in [7, 11) is 0. The zero-order chi connectivity index (χ0) is 12.8. The fourth-order valence-electron chi connectivity index (χ4n) is 1.10. The van der Waals surface area contributed by atoms with E-state index in [0.717, 1.165) is 0 Å². The van der Waals surface area contributed by atoms with Gasteiger partial charge in [0, 0.05) is 13.1 Å². The summed E-state index contributed by atoms with van der Waals surface area (Å²) in [5.41, 5.74) is 0. The highest BCUT2D eigenvalue weighted by Crippen LogP contribution is 2.14. The predicted octanol–water partition coefficient (Wildman–Crippen LogP) is 1.91. The van der Waals surface area contributed by atoms with Gasteiger partial charge in [0.15, 0.2) is 0 Å².